The van der Waals surface area contributed by atoms with Crippen molar-refractivity contribution in [2.75, 3.05) is 0 Å². The van der Waals surface area contributed by atoms with Crippen molar-refractivity contribution >= 4 is 11.0 Å². The zero-order valence-corrected chi connectivity index (χ0v) is 9.31. The Morgan fingerprint density at radius 2 is 2.13 bits per heavy atom. The van der Waals surface area contributed by atoms with E-state index in [-0.39, 0.29) is 6.04 Å². The van der Waals surface area contributed by atoms with Gasteiger partial charge in [0, 0.05) is 13.2 Å². The predicted octanol–water partition coefficient (Wildman–Crippen LogP) is 1.62. The highest BCUT2D eigenvalue weighted by molar-refractivity contribution is 5.74. The second-order valence-corrected chi connectivity index (χ2v) is 4.16. The Morgan fingerprint density at radius 3 is 2.73 bits per heavy atom. The van der Waals surface area contributed by atoms with E-state index in [0.29, 0.717) is 5.92 Å². The number of fused-ring (bicyclic) bond motifs is 1. The molecule has 1 atom stereocenters. The van der Waals surface area contributed by atoms with Crippen LogP contribution in [-0.2, 0) is 7.05 Å². The number of aryl methyl sites for hydroxylation is 1. The van der Waals surface area contributed by atoms with Crippen LogP contribution in [0.4, 0.5) is 0 Å². The fourth-order valence-corrected chi connectivity index (χ4v) is 1.67. The van der Waals surface area contributed by atoms with Crippen LogP contribution < -0.4 is 5.73 Å². The summed E-state index contributed by atoms with van der Waals surface area (Å²) >= 11 is 0. The summed E-state index contributed by atoms with van der Waals surface area (Å²) in [5, 5.41) is 0. The molecule has 2 aromatic rings. The minimum absolute atomic E-state index is 0.0256. The Kier molecular flexibility index (Phi) is 2.44. The van der Waals surface area contributed by atoms with E-state index in [2.05, 4.69) is 23.8 Å². The van der Waals surface area contributed by atoms with Crippen molar-refractivity contribution in [3.8, 4) is 0 Å². The monoisotopic (exact) mass is 204 g/mol. The highest BCUT2D eigenvalue weighted by atomic mass is 15.1. The fraction of sp³-hybridized carbons (Fsp3) is 0.455. The first-order chi connectivity index (χ1) is 7.11. The average molecular weight is 204 g/mol. The smallest absolute Gasteiger partial charge is 0.126 e. The lowest BCUT2D eigenvalue weighted by atomic mass is 10.1. The normalized spacial score (nSPS) is 13.7. The summed E-state index contributed by atoms with van der Waals surface area (Å²) in [6.07, 6.45) is 3.54. The molecular formula is C11H16N4. The van der Waals surface area contributed by atoms with E-state index >= 15 is 0 Å². The molecule has 0 fully saturated rings. The van der Waals surface area contributed by atoms with Gasteiger partial charge in [-0.15, -0.1) is 0 Å². The van der Waals surface area contributed by atoms with Gasteiger partial charge >= 0.3 is 0 Å². The van der Waals surface area contributed by atoms with E-state index < -0.39 is 0 Å². The molecule has 0 bridgehead atoms. The average Bonchev–Trinajstić information content (AvgIpc) is 2.56. The molecule has 0 aliphatic carbocycles. The number of imidazole rings is 1. The van der Waals surface area contributed by atoms with Gasteiger partial charge in [-0.25, -0.2) is 4.98 Å². The van der Waals surface area contributed by atoms with Crippen LogP contribution in [0.1, 0.15) is 25.7 Å². The summed E-state index contributed by atoms with van der Waals surface area (Å²) in [5.74, 6) is 1.31. The van der Waals surface area contributed by atoms with Gasteiger partial charge in [0.15, 0.2) is 0 Å². The summed E-state index contributed by atoms with van der Waals surface area (Å²) in [4.78, 5) is 8.56. The number of aromatic nitrogens is 3. The van der Waals surface area contributed by atoms with Crippen molar-refractivity contribution in [3.05, 3.63) is 24.3 Å². The molecule has 2 N–H and O–H groups in total. The maximum absolute atomic E-state index is 6.10. The molecule has 2 heterocycles. The number of nitrogens with two attached hydrogens (primary N) is 1. The number of nitrogens with zero attached hydrogens (tertiary/aromatic N) is 3. The molecule has 0 unspecified atom stereocenters. The van der Waals surface area contributed by atoms with Gasteiger partial charge in [0.05, 0.1) is 17.8 Å². The van der Waals surface area contributed by atoms with Crippen LogP contribution in [0.2, 0.25) is 0 Å². The molecule has 0 aliphatic heterocycles. The zero-order valence-electron chi connectivity index (χ0n) is 9.31. The minimum Gasteiger partial charge on any atom is -0.330 e. The van der Waals surface area contributed by atoms with Crippen LogP contribution in [0.15, 0.2) is 18.5 Å². The zero-order chi connectivity index (χ0) is 11.0. The Labute approximate surface area is 89.1 Å². The van der Waals surface area contributed by atoms with Crippen LogP contribution in [-0.4, -0.2) is 14.5 Å². The highest BCUT2D eigenvalue weighted by Gasteiger charge is 2.17. The molecule has 0 aliphatic rings. The molecule has 2 aromatic heterocycles. The molecule has 0 amide bonds. The molecule has 2 rings (SSSR count). The summed E-state index contributed by atoms with van der Waals surface area (Å²) in [6.45, 7) is 4.20. The van der Waals surface area contributed by atoms with Crippen molar-refractivity contribution in [2.45, 2.75) is 19.9 Å². The van der Waals surface area contributed by atoms with E-state index in [9.17, 15) is 0 Å². The second-order valence-electron chi connectivity index (χ2n) is 4.16. The first-order valence-electron chi connectivity index (χ1n) is 5.13. The van der Waals surface area contributed by atoms with Gasteiger partial charge in [0.2, 0.25) is 0 Å². The summed E-state index contributed by atoms with van der Waals surface area (Å²) < 4.78 is 2.04. The van der Waals surface area contributed by atoms with Gasteiger partial charge in [-0.2, -0.15) is 0 Å². The Bertz CT molecular complexity index is 472. The number of rotatable bonds is 2. The van der Waals surface area contributed by atoms with Crippen molar-refractivity contribution in [1.29, 1.82) is 0 Å². The lowest BCUT2D eigenvalue weighted by Gasteiger charge is -2.14. The largest absolute Gasteiger partial charge is 0.330 e. The molecule has 0 saturated carbocycles. The van der Waals surface area contributed by atoms with Crippen molar-refractivity contribution in [3.63, 3.8) is 0 Å². The van der Waals surface area contributed by atoms with Gasteiger partial charge in [-0.05, 0) is 12.0 Å². The molecule has 80 valence electrons. The molecule has 0 spiro atoms. The SMILES string of the molecule is CC(C)[C@H](N)c1nc2cnccc2n1C. The maximum atomic E-state index is 6.10. The van der Waals surface area contributed by atoms with Crippen molar-refractivity contribution in [1.82, 2.24) is 14.5 Å². The van der Waals surface area contributed by atoms with Crippen molar-refractivity contribution < 1.29 is 0 Å². The van der Waals surface area contributed by atoms with Crippen LogP contribution in [0.25, 0.3) is 11.0 Å². The third kappa shape index (κ3) is 1.61. The minimum atomic E-state index is -0.0256. The van der Waals surface area contributed by atoms with Crippen molar-refractivity contribution in [2.24, 2.45) is 18.7 Å². The standard InChI is InChI=1S/C11H16N4/c1-7(2)10(12)11-14-8-6-13-5-4-9(8)15(11)3/h4-7,10H,12H2,1-3H3/t10-/m0/s1. The lowest BCUT2D eigenvalue weighted by Crippen LogP contribution is -2.20. The van der Waals surface area contributed by atoms with E-state index in [1.165, 1.54) is 0 Å². The Morgan fingerprint density at radius 1 is 1.40 bits per heavy atom. The molecule has 0 aromatic carbocycles. The van der Waals surface area contributed by atoms with Gasteiger partial charge in [0.1, 0.15) is 11.3 Å². The predicted molar refractivity (Wildman–Crippen MR) is 60.3 cm³/mol. The summed E-state index contributed by atoms with van der Waals surface area (Å²) in [6, 6.07) is 1.93. The third-order valence-electron chi connectivity index (χ3n) is 2.73. The van der Waals surface area contributed by atoms with Crippen LogP contribution in [0, 0.1) is 5.92 Å². The van der Waals surface area contributed by atoms with E-state index in [4.69, 9.17) is 5.73 Å². The van der Waals surface area contributed by atoms with E-state index in [1.807, 2.05) is 17.7 Å². The van der Waals surface area contributed by atoms with Crippen LogP contribution in [0.3, 0.4) is 0 Å². The van der Waals surface area contributed by atoms with Crippen LogP contribution in [0.5, 0.6) is 0 Å². The van der Waals surface area contributed by atoms with Gasteiger partial charge in [0.25, 0.3) is 0 Å². The second kappa shape index (κ2) is 3.62. The Balaban J connectivity index is 2.58. The maximum Gasteiger partial charge on any atom is 0.126 e. The third-order valence-corrected chi connectivity index (χ3v) is 2.73. The fourth-order valence-electron chi connectivity index (χ4n) is 1.67. The topological polar surface area (TPSA) is 56.7 Å². The molecule has 0 radical (unpaired) electrons. The van der Waals surface area contributed by atoms with Gasteiger partial charge in [-0.3, -0.25) is 4.98 Å². The lowest BCUT2D eigenvalue weighted by molar-refractivity contribution is 0.480. The summed E-state index contributed by atoms with van der Waals surface area (Å²) in [5.41, 5.74) is 8.09. The first kappa shape index (κ1) is 10.1. The van der Waals surface area contributed by atoms with E-state index in [0.717, 1.165) is 16.9 Å². The number of hydrogen-bond acceptors (Lipinski definition) is 3. The molecular weight excluding hydrogens is 188 g/mol. The van der Waals surface area contributed by atoms with Gasteiger partial charge in [-0.1, -0.05) is 13.8 Å². The first-order valence-corrected chi connectivity index (χ1v) is 5.13. The van der Waals surface area contributed by atoms with E-state index in [1.54, 1.807) is 12.4 Å². The number of pyridine rings is 1. The molecule has 0 saturated heterocycles. The molecule has 4 nitrogen and oxygen atoms in total. The molecule has 15 heavy (non-hydrogen) atoms. The summed E-state index contributed by atoms with van der Waals surface area (Å²) in [7, 11) is 1.99. The number of hydrogen-bond donors (Lipinski definition) is 1. The Hall–Kier alpha value is -1.42. The van der Waals surface area contributed by atoms with Gasteiger partial charge < -0.3 is 10.3 Å². The molecule has 4 heteroatoms. The highest BCUT2D eigenvalue weighted by Crippen LogP contribution is 2.21. The quantitative estimate of drug-likeness (QED) is 0.808. The van der Waals surface area contributed by atoms with Crippen LogP contribution >= 0.6 is 0 Å².